The Hall–Kier alpha value is -2.27. The highest BCUT2D eigenvalue weighted by atomic mass is 35.5. The van der Waals surface area contributed by atoms with Gasteiger partial charge in [-0.1, -0.05) is 17.7 Å². The van der Waals surface area contributed by atoms with Crippen LogP contribution in [0.2, 0.25) is 5.02 Å². The lowest BCUT2D eigenvalue weighted by Gasteiger charge is -2.29. The summed E-state index contributed by atoms with van der Waals surface area (Å²) < 4.78 is 31.1. The van der Waals surface area contributed by atoms with Crippen LogP contribution in [0, 0.1) is 6.92 Å². The Morgan fingerprint density at radius 2 is 1.97 bits per heavy atom. The predicted octanol–water partition coefficient (Wildman–Crippen LogP) is 2.56. The van der Waals surface area contributed by atoms with Crippen molar-refractivity contribution >= 4 is 50.7 Å². The van der Waals surface area contributed by atoms with E-state index in [-0.39, 0.29) is 23.1 Å². The molecule has 0 spiro atoms. The van der Waals surface area contributed by atoms with Crippen LogP contribution in [0.3, 0.4) is 0 Å². The Morgan fingerprint density at radius 1 is 1.25 bits per heavy atom. The van der Waals surface area contributed by atoms with Gasteiger partial charge in [-0.05, 0) is 55.8 Å². The van der Waals surface area contributed by atoms with Gasteiger partial charge >= 0.3 is 0 Å². The number of thioether (sulfide) groups is 1. The van der Waals surface area contributed by atoms with E-state index in [0.717, 1.165) is 17.3 Å². The second kappa shape index (κ2) is 10.6. The third-order valence-corrected chi connectivity index (χ3v) is 8.23. The molecule has 2 amide bonds. The molecule has 32 heavy (non-hydrogen) atoms. The minimum Gasteiger partial charge on any atom is -0.494 e. The molecule has 8 nitrogen and oxygen atoms in total. The summed E-state index contributed by atoms with van der Waals surface area (Å²) in [7, 11) is -3.91. The molecule has 2 unspecified atom stereocenters. The summed E-state index contributed by atoms with van der Waals surface area (Å²) in [6.07, 6.45) is 0. The molecule has 3 rings (SSSR count). The second-order valence-electron chi connectivity index (χ2n) is 7.06. The maximum atomic E-state index is 12.9. The van der Waals surface area contributed by atoms with Gasteiger partial charge in [-0.25, -0.2) is 8.42 Å². The molecular formula is C21H24ClN3O5S2. The standard InChI is InChI=1S/C21H24ClN3O5S2/c1-3-30-15-7-5-14(6-8-15)24-19(26)12-31-21-23-11-18(20(27)25-21)32(28,29)16-9-4-13(2)17(22)10-16/h4-10,18,21,23H,3,11-12H2,1-2H3,(H,24,26)(H,25,27). The van der Waals surface area contributed by atoms with Crippen LogP contribution in [0.1, 0.15) is 12.5 Å². The highest BCUT2D eigenvalue weighted by Crippen LogP contribution is 2.25. The number of sulfone groups is 1. The minimum absolute atomic E-state index is 0.00381. The van der Waals surface area contributed by atoms with Crippen molar-refractivity contribution in [2.24, 2.45) is 0 Å². The lowest BCUT2D eigenvalue weighted by molar-refractivity contribution is -0.122. The molecule has 1 aliphatic heterocycles. The lowest BCUT2D eigenvalue weighted by atomic mass is 10.2. The number of halogens is 1. The first-order valence-corrected chi connectivity index (χ1v) is 12.9. The monoisotopic (exact) mass is 497 g/mol. The molecule has 1 fully saturated rings. The van der Waals surface area contributed by atoms with Crippen molar-refractivity contribution in [3.8, 4) is 5.75 Å². The van der Waals surface area contributed by atoms with E-state index >= 15 is 0 Å². The molecular weight excluding hydrogens is 474 g/mol. The number of ether oxygens (including phenoxy) is 1. The molecule has 11 heteroatoms. The van der Waals surface area contributed by atoms with Crippen molar-refractivity contribution in [2.75, 3.05) is 24.2 Å². The van der Waals surface area contributed by atoms with E-state index in [0.29, 0.717) is 23.1 Å². The number of anilines is 1. The Morgan fingerprint density at radius 3 is 2.59 bits per heavy atom. The number of carbonyl (C=O) groups is 2. The van der Waals surface area contributed by atoms with E-state index in [1.165, 1.54) is 12.1 Å². The zero-order valence-corrected chi connectivity index (χ0v) is 19.9. The van der Waals surface area contributed by atoms with Crippen LogP contribution < -0.4 is 20.7 Å². The van der Waals surface area contributed by atoms with Crippen LogP contribution in [0.5, 0.6) is 5.75 Å². The van der Waals surface area contributed by atoms with E-state index in [2.05, 4.69) is 16.0 Å². The Balaban J connectivity index is 1.52. The summed E-state index contributed by atoms with van der Waals surface area (Å²) in [6, 6.07) is 11.4. The Kier molecular flexibility index (Phi) is 8.05. The fraction of sp³-hybridized carbons (Fsp3) is 0.333. The van der Waals surface area contributed by atoms with Gasteiger partial charge in [0.1, 0.15) is 11.2 Å². The number of rotatable bonds is 8. The van der Waals surface area contributed by atoms with Crippen molar-refractivity contribution in [2.45, 2.75) is 29.5 Å². The summed E-state index contributed by atoms with van der Waals surface area (Å²) in [4.78, 5) is 24.7. The number of amides is 2. The van der Waals surface area contributed by atoms with Gasteiger partial charge in [0.05, 0.1) is 17.3 Å². The van der Waals surface area contributed by atoms with Crippen LogP contribution in [0.4, 0.5) is 5.69 Å². The first-order chi connectivity index (χ1) is 15.2. The lowest BCUT2D eigenvalue weighted by Crippen LogP contribution is -2.59. The van der Waals surface area contributed by atoms with E-state index in [1.807, 2.05) is 6.92 Å². The summed E-state index contributed by atoms with van der Waals surface area (Å²) in [6.45, 7) is 4.14. The normalized spacial score (nSPS) is 18.7. The van der Waals surface area contributed by atoms with Crippen molar-refractivity contribution < 1.29 is 22.7 Å². The highest BCUT2D eigenvalue weighted by molar-refractivity contribution is 8.00. The summed E-state index contributed by atoms with van der Waals surface area (Å²) in [5, 5.41) is 7.38. The summed E-state index contributed by atoms with van der Waals surface area (Å²) in [5.41, 5.74) is 0.793. The molecule has 1 heterocycles. The van der Waals surface area contributed by atoms with Crippen LogP contribution >= 0.6 is 23.4 Å². The first kappa shape index (κ1) is 24.4. The average molecular weight is 498 g/mol. The molecule has 0 aromatic heterocycles. The molecule has 0 aliphatic carbocycles. The smallest absolute Gasteiger partial charge is 0.241 e. The molecule has 0 bridgehead atoms. The van der Waals surface area contributed by atoms with Crippen molar-refractivity contribution in [3.63, 3.8) is 0 Å². The number of nitrogens with one attached hydrogen (secondary N) is 3. The Bertz CT molecular complexity index is 1090. The SMILES string of the molecule is CCOc1ccc(NC(=O)CSC2NCC(S(=O)(=O)c3ccc(C)c(Cl)c3)C(=O)N2)cc1. The highest BCUT2D eigenvalue weighted by Gasteiger charge is 2.38. The van der Waals surface area contributed by atoms with Gasteiger partial charge < -0.3 is 15.4 Å². The molecule has 2 aromatic carbocycles. The number of benzene rings is 2. The molecule has 2 atom stereocenters. The quantitative estimate of drug-likeness (QED) is 0.513. The second-order valence-corrected chi connectivity index (χ2v) is 10.7. The van der Waals surface area contributed by atoms with Crippen molar-refractivity contribution in [1.29, 1.82) is 0 Å². The molecule has 3 N–H and O–H groups in total. The van der Waals surface area contributed by atoms with Crippen LogP contribution in [-0.2, 0) is 19.4 Å². The van der Waals surface area contributed by atoms with Gasteiger partial charge in [-0.2, -0.15) is 0 Å². The maximum absolute atomic E-state index is 12.9. The topological polar surface area (TPSA) is 114 Å². The van der Waals surface area contributed by atoms with Gasteiger partial charge in [0.15, 0.2) is 15.1 Å². The van der Waals surface area contributed by atoms with E-state index in [9.17, 15) is 18.0 Å². The van der Waals surface area contributed by atoms with Crippen LogP contribution in [0.15, 0.2) is 47.4 Å². The van der Waals surface area contributed by atoms with E-state index in [4.69, 9.17) is 16.3 Å². The number of carbonyl (C=O) groups excluding carboxylic acids is 2. The van der Waals surface area contributed by atoms with Crippen molar-refractivity contribution in [1.82, 2.24) is 10.6 Å². The minimum atomic E-state index is -3.91. The Labute approximate surface area is 196 Å². The van der Waals surface area contributed by atoms with Gasteiger partial charge in [0, 0.05) is 17.3 Å². The van der Waals surface area contributed by atoms with E-state index < -0.39 is 26.5 Å². The fourth-order valence-corrected chi connectivity index (χ4v) is 5.59. The molecule has 1 saturated heterocycles. The molecule has 172 valence electrons. The third-order valence-electron chi connectivity index (χ3n) is 4.73. The first-order valence-electron chi connectivity index (χ1n) is 9.89. The molecule has 2 aromatic rings. The van der Waals surface area contributed by atoms with Gasteiger partial charge in [-0.3, -0.25) is 14.9 Å². The molecule has 1 aliphatic rings. The van der Waals surface area contributed by atoms with Crippen LogP contribution in [0.25, 0.3) is 0 Å². The molecule has 0 saturated carbocycles. The average Bonchev–Trinajstić information content (AvgIpc) is 2.75. The number of aryl methyl sites for hydroxylation is 1. The summed E-state index contributed by atoms with van der Waals surface area (Å²) >= 11 is 7.20. The fourth-order valence-electron chi connectivity index (χ4n) is 3.00. The zero-order chi connectivity index (χ0) is 23.3. The van der Waals surface area contributed by atoms with Gasteiger partial charge in [-0.15, -0.1) is 11.8 Å². The maximum Gasteiger partial charge on any atom is 0.241 e. The van der Waals surface area contributed by atoms with Crippen LogP contribution in [-0.4, -0.2) is 49.9 Å². The number of hydrogen-bond acceptors (Lipinski definition) is 7. The predicted molar refractivity (Wildman–Crippen MR) is 126 cm³/mol. The van der Waals surface area contributed by atoms with Gasteiger partial charge in [0.25, 0.3) is 0 Å². The number of hydrogen-bond donors (Lipinski definition) is 3. The largest absolute Gasteiger partial charge is 0.494 e. The van der Waals surface area contributed by atoms with Gasteiger partial charge in [0.2, 0.25) is 11.8 Å². The van der Waals surface area contributed by atoms with Crippen molar-refractivity contribution in [3.05, 3.63) is 53.1 Å². The zero-order valence-electron chi connectivity index (χ0n) is 17.6. The summed E-state index contributed by atoms with van der Waals surface area (Å²) in [5.74, 6) is -0.0913. The third kappa shape index (κ3) is 5.94. The molecule has 0 radical (unpaired) electrons. The van der Waals surface area contributed by atoms with E-state index in [1.54, 1.807) is 37.3 Å².